The Labute approximate surface area is 381 Å². The van der Waals surface area contributed by atoms with Crippen LogP contribution in [0.1, 0.15) is 80.5 Å². The van der Waals surface area contributed by atoms with Gasteiger partial charge in [-0.2, -0.15) is 0 Å². The lowest BCUT2D eigenvalue weighted by molar-refractivity contribution is 0.588. The number of anilines is 6. The second-order valence-corrected chi connectivity index (χ2v) is 21.7. The van der Waals surface area contributed by atoms with Gasteiger partial charge in [0.05, 0.1) is 11.1 Å². The highest BCUT2D eigenvalue weighted by molar-refractivity contribution is 7.33. The molecule has 13 rings (SSSR count). The molecule has 0 saturated heterocycles. The highest BCUT2D eigenvalue weighted by Crippen LogP contribution is 2.64. The van der Waals surface area contributed by atoms with Crippen molar-refractivity contribution in [2.75, 3.05) is 9.80 Å². The molecule has 1 spiro atoms. The molecule has 0 N–H and O–H groups in total. The molecule has 4 heteroatoms. The van der Waals surface area contributed by atoms with E-state index in [1.807, 2.05) is 11.3 Å². The third-order valence-electron chi connectivity index (χ3n) is 14.8. The Bertz CT molecular complexity index is 3390. The zero-order chi connectivity index (χ0) is 43.4. The van der Waals surface area contributed by atoms with Gasteiger partial charge in [-0.3, -0.25) is 0 Å². The van der Waals surface area contributed by atoms with Gasteiger partial charge < -0.3 is 9.80 Å². The Kier molecular flexibility index (Phi) is 7.69. The van der Waals surface area contributed by atoms with E-state index in [0.717, 1.165) is 0 Å². The van der Waals surface area contributed by atoms with Crippen LogP contribution in [0.25, 0.3) is 32.3 Å². The van der Waals surface area contributed by atoms with E-state index in [-0.39, 0.29) is 17.5 Å². The summed E-state index contributed by atoms with van der Waals surface area (Å²) >= 11 is 2.00. The van der Waals surface area contributed by atoms with E-state index in [4.69, 9.17) is 0 Å². The molecule has 64 heavy (non-hydrogen) atoms. The molecule has 0 bridgehead atoms. The molecule has 0 unspecified atom stereocenters. The Morgan fingerprint density at radius 3 is 1.72 bits per heavy atom. The van der Waals surface area contributed by atoms with Crippen molar-refractivity contribution in [3.8, 4) is 22.3 Å². The van der Waals surface area contributed by atoms with Crippen LogP contribution in [0, 0.1) is 6.92 Å². The second kappa shape index (κ2) is 13.0. The molecule has 0 fully saturated rings. The number of para-hydroxylation sites is 2. The molecule has 4 aliphatic rings. The zero-order valence-electron chi connectivity index (χ0n) is 37.5. The summed E-state index contributed by atoms with van der Waals surface area (Å²) in [5, 5.41) is 1.32. The number of benzene rings is 8. The zero-order valence-corrected chi connectivity index (χ0v) is 38.4. The van der Waals surface area contributed by atoms with E-state index in [2.05, 4.69) is 228 Å². The normalized spacial score (nSPS) is 14.8. The summed E-state index contributed by atoms with van der Waals surface area (Å²) in [6, 6.07) is 65.5. The van der Waals surface area contributed by atoms with Gasteiger partial charge in [0.2, 0.25) is 0 Å². The molecule has 9 aromatic rings. The summed E-state index contributed by atoms with van der Waals surface area (Å²) in [5.74, 6) is 0. The van der Waals surface area contributed by atoms with Crippen molar-refractivity contribution in [2.45, 2.75) is 64.7 Å². The standard InChI is InChI=1S/C60H49BN2S/c1-36-31-52-55-53(32-36)63(39-17-9-8-10-18-39)56-45-34-49-44(35-54(45)64-57(56)61(55)50-23-15-16-24-51(50)62(52)40-28-25-37(26-29-40)58(2,3)4)43-30-27-38(59(5,6)7)33-48(43)60(49)46-21-13-11-19-41(46)42-20-12-14-22-47(42)60/h8-35H,1-7H3. The number of aryl methyl sites for hydroxylation is 1. The van der Waals surface area contributed by atoms with Crippen LogP contribution in [0.2, 0.25) is 0 Å². The summed E-state index contributed by atoms with van der Waals surface area (Å²) in [6.07, 6.45) is 0. The number of nitrogens with zero attached hydrogens (tertiary/aromatic N) is 2. The number of rotatable bonds is 2. The fourth-order valence-electron chi connectivity index (χ4n) is 11.9. The van der Waals surface area contributed by atoms with Crippen molar-refractivity contribution >= 4 is 78.0 Å². The van der Waals surface area contributed by atoms with E-state index in [1.54, 1.807) is 0 Å². The van der Waals surface area contributed by atoms with Gasteiger partial charge in [-0.05, 0) is 144 Å². The summed E-state index contributed by atoms with van der Waals surface area (Å²) in [7, 11) is 0. The second-order valence-electron chi connectivity index (χ2n) is 20.6. The average Bonchev–Trinajstić information content (AvgIpc) is 3.91. The maximum atomic E-state index is 2.63. The first kappa shape index (κ1) is 37.9. The molecule has 1 aromatic heterocycles. The van der Waals surface area contributed by atoms with E-state index in [1.165, 1.54) is 121 Å². The smallest absolute Gasteiger partial charge is 0.264 e. The third kappa shape index (κ3) is 4.98. The Morgan fingerprint density at radius 1 is 0.469 bits per heavy atom. The predicted octanol–water partition coefficient (Wildman–Crippen LogP) is 14.2. The van der Waals surface area contributed by atoms with Crippen LogP contribution >= 0.6 is 11.3 Å². The maximum Gasteiger partial charge on any atom is 0.264 e. The van der Waals surface area contributed by atoms with Gasteiger partial charge in [0.15, 0.2) is 0 Å². The molecule has 308 valence electrons. The van der Waals surface area contributed by atoms with Crippen molar-refractivity contribution in [1.82, 2.24) is 0 Å². The fraction of sp³-hybridized carbons (Fsp3) is 0.167. The molecule has 0 atom stereocenters. The van der Waals surface area contributed by atoms with Gasteiger partial charge in [-0.25, -0.2) is 0 Å². The van der Waals surface area contributed by atoms with Crippen molar-refractivity contribution in [3.05, 3.63) is 209 Å². The van der Waals surface area contributed by atoms with E-state index in [0.29, 0.717) is 0 Å². The number of fused-ring (bicyclic) bond motifs is 16. The van der Waals surface area contributed by atoms with Crippen LogP contribution in [0.3, 0.4) is 0 Å². The van der Waals surface area contributed by atoms with Crippen LogP contribution in [-0.2, 0) is 16.2 Å². The Hall–Kier alpha value is -6.62. The molecular formula is C60H49BN2S. The monoisotopic (exact) mass is 840 g/mol. The van der Waals surface area contributed by atoms with E-state index in [9.17, 15) is 0 Å². The summed E-state index contributed by atoms with van der Waals surface area (Å²) < 4.78 is 2.73. The minimum atomic E-state index is -0.448. The van der Waals surface area contributed by atoms with E-state index >= 15 is 0 Å². The van der Waals surface area contributed by atoms with Gasteiger partial charge in [0.1, 0.15) is 0 Å². The molecule has 8 aromatic carbocycles. The minimum absolute atomic E-state index is 0.00433. The SMILES string of the molecule is Cc1cc2c3c(c1)N(c1ccccc1)c1c(sc4cc5c(cc14)C1(c4ccccc4-c4ccccc41)c1cc(C(C)(C)C)ccc1-5)B3c1ccccc1N2c1ccc(C(C)(C)C)cc1. The first-order valence-corrected chi connectivity index (χ1v) is 23.7. The van der Waals surface area contributed by atoms with Crippen molar-refractivity contribution in [1.29, 1.82) is 0 Å². The van der Waals surface area contributed by atoms with Crippen LogP contribution in [0.15, 0.2) is 170 Å². The first-order chi connectivity index (χ1) is 30.9. The van der Waals surface area contributed by atoms with Gasteiger partial charge >= 0.3 is 0 Å². The van der Waals surface area contributed by atoms with Gasteiger partial charge in [-0.15, -0.1) is 11.3 Å². The first-order valence-electron chi connectivity index (χ1n) is 22.9. The Balaban J connectivity index is 1.12. The van der Waals surface area contributed by atoms with Crippen LogP contribution in [0.4, 0.5) is 34.1 Å². The maximum absolute atomic E-state index is 2.63. The van der Waals surface area contributed by atoms with Gasteiger partial charge in [0, 0.05) is 43.3 Å². The van der Waals surface area contributed by atoms with Crippen LogP contribution in [-0.4, -0.2) is 6.71 Å². The molecule has 0 radical (unpaired) electrons. The average molecular weight is 841 g/mol. The summed E-state index contributed by atoms with van der Waals surface area (Å²) in [5.41, 5.74) is 24.7. The molecule has 3 heterocycles. The minimum Gasteiger partial charge on any atom is -0.311 e. The quantitative estimate of drug-likeness (QED) is 0.160. The summed E-state index contributed by atoms with van der Waals surface area (Å²) in [4.78, 5) is 5.14. The van der Waals surface area contributed by atoms with Crippen molar-refractivity contribution in [3.63, 3.8) is 0 Å². The topological polar surface area (TPSA) is 6.48 Å². The van der Waals surface area contributed by atoms with Gasteiger partial charge in [0.25, 0.3) is 6.71 Å². The molecule has 0 saturated carbocycles. The lowest BCUT2D eigenvalue weighted by atomic mass is 9.36. The largest absolute Gasteiger partial charge is 0.311 e. The number of thiophene rings is 1. The lowest BCUT2D eigenvalue weighted by Crippen LogP contribution is -2.60. The predicted molar refractivity (Wildman–Crippen MR) is 274 cm³/mol. The van der Waals surface area contributed by atoms with Crippen molar-refractivity contribution < 1.29 is 0 Å². The highest BCUT2D eigenvalue weighted by Gasteiger charge is 2.53. The molecule has 2 aliphatic carbocycles. The summed E-state index contributed by atoms with van der Waals surface area (Å²) in [6.45, 7) is 16.3. The molecule has 2 nitrogen and oxygen atoms in total. The fourth-order valence-corrected chi connectivity index (χ4v) is 13.2. The van der Waals surface area contributed by atoms with E-state index < -0.39 is 5.41 Å². The number of hydrogen-bond acceptors (Lipinski definition) is 3. The molecule has 0 amide bonds. The third-order valence-corrected chi connectivity index (χ3v) is 16.0. The molecule has 2 aliphatic heterocycles. The van der Waals surface area contributed by atoms with Crippen LogP contribution in [0.5, 0.6) is 0 Å². The lowest BCUT2D eigenvalue weighted by Gasteiger charge is -2.43. The highest BCUT2D eigenvalue weighted by atomic mass is 32.1. The Morgan fingerprint density at radius 2 is 1.03 bits per heavy atom. The number of hydrogen-bond donors (Lipinski definition) is 0. The van der Waals surface area contributed by atoms with Crippen molar-refractivity contribution in [2.24, 2.45) is 0 Å². The van der Waals surface area contributed by atoms with Gasteiger partial charge in [-0.1, -0.05) is 157 Å². The van der Waals surface area contributed by atoms with Crippen LogP contribution < -0.4 is 25.5 Å². The molecular weight excluding hydrogens is 792 g/mol.